The number of aryl methyl sites for hydroxylation is 1. The summed E-state index contributed by atoms with van der Waals surface area (Å²) in [6.07, 6.45) is 0. The van der Waals surface area contributed by atoms with Crippen LogP contribution in [0.2, 0.25) is 5.15 Å². The van der Waals surface area contributed by atoms with Gasteiger partial charge in [-0.2, -0.15) is 0 Å². The number of rotatable bonds is 2. The van der Waals surface area contributed by atoms with Gasteiger partial charge in [-0.25, -0.2) is 4.98 Å². The first kappa shape index (κ1) is 13.0. The van der Waals surface area contributed by atoms with E-state index >= 15 is 0 Å². The zero-order chi connectivity index (χ0) is 11.1. The first-order valence-corrected chi connectivity index (χ1v) is 5.03. The molecule has 1 rings (SSSR count). The van der Waals surface area contributed by atoms with Crippen LogP contribution in [0, 0.1) is 6.92 Å². The fourth-order valence-corrected chi connectivity index (χ4v) is 0.946. The van der Waals surface area contributed by atoms with Crippen LogP contribution in [0.15, 0.2) is 24.4 Å². The first-order valence-electron chi connectivity index (χ1n) is 4.65. The predicted molar refractivity (Wildman–Crippen MR) is 63.8 cm³/mol. The van der Waals surface area contributed by atoms with Crippen LogP contribution in [0.3, 0.4) is 0 Å². The molecule has 0 bridgehead atoms. The van der Waals surface area contributed by atoms with E-state index in [0.29, 0.717) is 5.15 Å². The van der Waals surface area contributed by atoms with E-state index in [1.807, 2.05) is 39.8 Å². The summed E-state index contributed by atoms with van der Waals surface area (Å²) >= 11 is 5.82. The van der Waals surface area contributed by atoms with Crippen molar-refractivity contribution in [3.05, 3.63) is 35.1 Å². The van der Waals surface area contributed by atoms with E-state index in [9.17, 15) is 0 Å². The van der Waals surface area contributed by atoms with Crippen molar-refractivity contribution in [3.8, 4) is 0 Å². The summed E-state index contributed by atoms with van der Waals surface area (Å²) in [4.78, 5) is 4.11. The van der Waals surface area contributed by atoms with Crippen molar-refractivity contribution in [3.63, 3.8) is 0 Å². The van der Waals surface area contributed by atoms with E-state index in [0.717, 1.165) is 17.1 Å². The molecule has 0 atom stereocenters. The van der Waals surface area contributed by atoms with Crippen LogP contribution >= 0.6 is 11.6 Å². The van der Waals surface area contributed by atoms with Gasteiger partial charge in [0, 0.05) is 5.70 Å². The summed E-state index contributed by atoms with van der Waals surface area (Å²) in [6, 6.07) is 3.79. The van der Waals surface area contributed by atoms with Gasteiger partial charge >= 0.3 is 0 Å². The molecule has 0 saturated heterocycles. The monoisotopic (exact) mass is 212 g/mol. The van der Waals surface area contributed by atoms with E-state index in [-0.39, 0.29) is 0 Å². The van der Waals surface area contributed by atoms with Crippen LogP contribution in [0.25, 0.3) is 0 Å². The maximum absolute atomic E-state index is 5.82. The van der Waals surface area contributed by atoms with Crippen molar-refractivity contribution in [2.75, 3.05) is 5.32 Å². The average Bonchev–Trinajstić information content (AvgIpc) is 2.14. The zero-order valence-electron chi connectivity index (χ0n) is 9.19. The van der Waals surface area contributed by atoms with E-state index in [1.54, 1.807) is 0 Å². The molecule has 1 heterocycles. The highest BCUT2D eigenvalue weighted by molar-refractivity contribution is 6.30. The minimum absolute atomic E-state index is 0.529. The smallest absolute Gasteiger partial charge is 0.134 e. The molecule has 0 aliphatic carbocycles. The third-order valence-electron chi connectivity index (χ3n) is 1.38. The highest BCUT2D eigenvalue weighted by atomic mass is 35.5. The van der Waals surface area contributed by atoms with Crippen molar-refractivity contribution in [2.45, 2.75) is 27.7 Å². The van der Waals surface area contributed by atoms with Crippen LogP contribution in [-0.2, 0) is 0 Å². The third-order valence-corrected chi connectivity index (χ3v) is 1.76. The minimum Gasteiger partial charge on any atom is -0.345 e. The molecule has 2 nitrogen and oxygen atoms in total. The lowest BCUT2D eigenvalue weighted by Gasteiger charge is -2.04. The number of nitrogens with one attached hydrogen (secondary N) is 1. The zero-order valence-corrected chi connectivity index (χ0v) is 9.94. The van der Waals surface area contributed by atoms with Crippen LogP contribution < -0.4 is 5.32 Å². The Balaban J connectivity index is 0.000000791. The Hall–Kier alpha value is -1.02. The largest absolute Gasteiger partial charge is 0.345 e. The molecule has 14 heavy (non-hydrogen) atoms. The Kier molecular flexibility index (Phi) is 5.97. The van der Waals surface area contributed by atoms with Crippen LogP contribution in [-0.4, -0.2) is 4.98 Å². The second-order valence-corrected chi connectivity index (χ2v) is 3.07. The van der Waals surface area contributed by atoms with Gasteiger partial charge in [-0.3, -0.25) is 0 Å². The van der Waals surface area contributed by atoms with Crippen molar-refractivity contribution in [2.24, 2.45) is 0 Å². The second kappa shape index (κ2) is 6.44. The standard InChI is InChI=1S/C9H11ClN2.C2H6/c1-6(2)11-8-5-4-7(3)9(10)12-8;1-2/h4-5H,1H2,2-3H3,(H,11,12);1-2H3. The molecule has 0 spiro atoms. The Morgan fingerprint density at radius 1 is 1.43 bits per heavy atom. The topological polar surface area (TPSA) is 24.9 Å². The quantitative estimate of drug-likeness (QED) is 0.750. The van der Waals surface area contributed by atoms with Gasteiger partial charge < -0.3 is 5.32 Å². The van der Waals surface area contributed by atoms with Crippen LogP contribution in [0.1, 0.15) is 26.3 Å². The first-order chi connectivity index (χ1) is 6.59. The summed E-state index contributed by atoms with van der Waals surface area (Å²) < 4.78 is 0. The second-order valence-electron chi connectivity index (χ2n) is 2.71. The third kappa shape index (κ3) is 4.28. The molecule has 1 aromatic rings. The molecule has 0 amide bonds. The Morgan fingerprint density at radius 3 is 2.43 bits per heavy atom. The number of halogens is 1. The molecular weight excluding hydrogens is 196 g/mol. The van der Waals surface area contributed by atoms with Gasteiger partial charge in [0.2, 0.25) is 0 Å². The summed E-state index contributed by atoms with van der Waals surface area (Å²) in [5, 5.41) is 3.51. The van der Waals surface area contributed by atoms with Crippen molar-refractivity contribution < 1.29 is 0 Å². The Bertz CT molecular complexity index is 308. The number of aromatic nitrogens is 1. The number of anilines is 1. The molecule has 78 valence electrons. The molecule has 0 fully saturated rings. The van der Waals surface area contributed by atoms with Gasteiger partial charge in [0.25, 0.3) is 0 Å². The predicted octanol–water partition coefficient (Wildman–Crippen LogP) is 4.02. The molecule has 1 aromatic heterocycles. The average molecular weight is 213 g/mol. The minimum atomic E-state index is 0.529. The van der Waals surface area contributed by atoms with Gasteiger partial charge in [-0.05, 0) is 25.5 Å². The van der Waals surface area contributed by atoms with Gasteiger partial charge in [-0.15, -0.1) is 0 Å². The summed E-state index contributed by atoms with van der Waals surface area (Å²) in [5.41, 5.74) is 1.83. The molecule has 0 radical (unpaired) electrons. The van der Waals surface area contributed by atoms with E-state index in [2.05, 4.69) is 16.9 Å². The van der Waals surface area contributed by atoms with Gasteiger partial charge in [0.05, 0.1) is 0 Å². The van der Waals surface area contributed by atoms with Crippen molar-refractivity contribution in [1.82, 2.24) is 4.98 Å². The molecule has 0 unspecified atom stereocenters. The number of allylic oxidation sites excluding steroid dienone is 1. The van der Waals surface area contributed by atoms with Crippen LogP contribution in [0.4, 0.5) is 5.82 Å². The lowest BCUT2D eigenvalue weighted by molar-refractivity contribution is 1.23. The molecule has 0 aliphatic heterocycles. The summed E-state index contributed by atoms with van der Waals surface area (Å²) in [6.45, 7) is 11.5. The number of hydrogen-bond donors (Lipinski definition) is 1. The van der Waals surface area contributed by atoms with Crippen LogP contribution in [0.5, 0.6) is 0 Å². The highest BCUT2D eigenvalue weighted by Gasteiger charge is 1.97. The highest BCUT2D eigenvalue weighted by Crippen LogP contribution is 2.15. The molecular formula is C11H17ClN2. The number of hydrogen-bond acceptors (Lipinski definition) is 2. The van der Waals surface area contributed by atoms with E-state index in [4.69, 9.17) is 11.6 Å². The van der Waals surface area contributed by atoms with Gasteiger partial charge in [0.15, 0.2) is 0 Å². The van der Waals surface area contributed by atoms with Crippen molar-refractivity contribution >= 4 is 17.4 Å². The molecule has 0 saturated carbocycles. The fraction of sp³-hybridized carbons (Fsp3) is 0.364. The van der Waals surface area contributed by atoms with Crippen molar-refractivity contribution in [1.29, 1.82) is 0 Å². The number of nitrogens with zero attached hydrogens (tertiary/aromatic N) is 1. The van der Waals surface area contributed by atoms with E-state index in [1.165, 1.54) is 0 Å². The fourth-order valence-electron chi connectivity index (χ4n) is 0.792. The van der Waals surface area contributed by atoms with E-state index < -0.39 is 0 Å². The van der Waals surface area contributed by atoms with Gasteiger partial charge in [0.1, 0.15) is 11.0 Å². The Morgan fingerprint density at radius 2 is 2.00 bits per heavy atom. The summed E-state index contributed by atoms with van der Waals surface area (Å²) in [5.74, 6) is 0.734. The summed E-state index contributed by atoms with van der Waals surface area (Å²) in [7, 11) is 0. The number of pyridine rings is 1. The lowest BCUT2D eigenvalue weighted by atomic mass is 10.3. The maximum Gasteiger partial charge on any atom is 0.134 e. The molecule has 3 heteroatoms. The Labute approximate surface area is 91.0 Å². The molecule has 0 aromatic carbocycles. The maximum atomic E-state index is 5.82. The molecule has 1 N–H and O–H groups in total. The molecule has 0 aliphatic rings. The SMILES string of the molecule is C=C(C)Nc1ccc(C)c(Cl)n1.CC. The lowest BCUT2D eigenvalue weighted by Crippen LogP contribution is -1.96. The normalized spacial score (nSPS) is 8.64. The van der Waals surface area contributed by atoms with Gasteiger partial charge in [-0.1, -0.05) is 38.1 Å².